The van der Waals surface area contributed by atoms with Crippen molar-refractivity contribution in [1.29, 1.82) is 0 Å². The van der Waals surface area contributed by atoms with Crippen LogP contribution < -0.4 is 10.2 Å². The van der Waals surface area contributed by atoms with E-state index in [1.807, 2.05) is 6.07 Å². The number of benzene rings is 1. The lowest BCUT2D eigenvalue weighted by Crippen LogP contribution is -2.32. The van der Waals surface area contributed by atoms with E-state index in [1.54, 1.807) is 0 Å². The molecule has 0 aromatic heterocycles. The fourth-order valence-corrected chi connectivity index (χ4v) is 2.87. The molecule has 2 N–H and O–H groups in total. The molecule has 19 heavy (non-hydrogen) atoms. The number of anilines is 1. The molecule has 1 atom stereocenters. The molecule has 0 radical (unpaired) electrons. The maximum atomic E-state index is 9.39. The number of hydrogen-bond donors (Lipinski definition) is 2. The summed E-state index contributed by atoms with van der Waals surface area (Å²) in [6.45, 7) is 6.28. The van der Waals surface area contributed by atoms with Gasteiger partial charge in [-0.1, -0.05) is 31.5 Å². The van der Waals surface area contributed by atoms with E-state index in [2.05, 4.69) is 36.2 Å². The minimum atomic E-state index is 0.201. The molecule has 1 unspecified atom stereocenters. The first-order chi connectivity index (χ1) is 9.11. The fourth-order valence-electron chi connectivity index (χ4n) is 2.56. The SMILES string of the molecule is CC(C)NCc1ccc(N2CCCC2CO)c(Cl)c1. The number of rotatable bonds is 5. The molecule has 1 aromatic carbocycles. The lowest BCUT2D eigenvalue weighted by atomic mass is 10.1. The van der Waals surface area contributed by atoms with Crippen molar-refractivity contribution in [3.05, 3.63) is 28.8 Å². The number of halogens is 1. The summed E-state index contributed by atoms with van der Waals surface area (Å²) in [6.07, 6.45) is 2.17. The lowest BCUT2D eigenvalue weighted by Gasteiger charge is -2.26. The molecule has 1 aromatic rings. The van der Waals surface area contributed by atoms with Gasteiger partial charge < -0.3 is 15.3 Å². The van der Waals surface area contributed by atoms with Crippen molar-refractivity contribution in [2.75, 3.05) is 18.1 Å². The van der Waals surface area contributed by atoms with E-state index in [0.717, 1.165) is 36.6 Å². The Hall–Kier alpha value is -0.770. The number of nitrogens with zero attached hydrogens (tertiary/aromatic N) is 1. The Bertz CT molecular complexity index is 423. The molecule has 106 valence electrons. The highest BCUT2D eigenvalue weighted by molar-refractivity contribution is 6.33. The van der Waals surface area contributed by atoms with Crippen molar-refractivity contribution in [2.24, 2.45) is 0 Å². The normalized spacial score (nSPS) is 19.4. The van der Waals surface area contributed by atoms with Gasteiger partial charge in [0.05, 0.1) is 23.4 Å². The van der Waals surface area contributed by atoms with Crippen molar-refractivity contribution < 1.29 is 5.11 Å². The average molecular weight is 283 g/mol. The van der Waals surface area contributed by atoms with Crippen molar-refractivity contribution >= 4 is 17.3 Å². The summed E-state index contributed by atoms with van der Waals surface area (Å²) in [7, 11) is 0. The van der Waals surface area contributed by atoms with Crippen LogP contribution in [-0.4, -0.2) is 30.3 Å². The molecule has 1 aliphatic heterocycles. The summed E-state index contributed by atoms with van der Waals surface area (Å²) in [6, 6.07) is 6.91. The van der Waals surface area contributed by atoms with Crippen LogP contribution in [0.15, 0.2) is 18.2 Å². The molecule has 2 rings (SSSR count). The molecule has 1 saturated heterocycles. The molecule has 0 saturated carbocycles. The Morgan fingerprint density at radius 2 is 2.26 bits per heavy atom. The Morgan fingerprint density at radius 1 is 1.47 bits per heavy atom. The van der Waals surface area contributed by atoms with E-state index in [0.29, 0.717) is 6.04 Å². The zero-order valence-electron chi connectivity index (χ0n) is 11.7. The average Bonchev–Trinajstić information content (AvgIpc) is 2.84. The van der Waals surface area contributed by atoms with Gasteiger partial charge in [-0.3, -0.25) is 0 Å². The van der Waals surface area contributed by atoms with Crippen LogP contribution in [0.5, 0.6) is 0 Å². The third-order valence-corrected chi connectivity index (χ3v) is 3.93. The summed E-state index contributed by atoms with van der Waals surface area (Å²) in [5.74, 6) is 0. The Balaban J connectivity index is 2.10. The van der Waals surface area contributed by atoms with Crippen molar-refractivity contribution in [2.45, 2.75) is 45.3 Å². The van der Waals surface area contributed by atoms with Gasteiger partial charge in [0.25, 0.3) is 0 Å². The quantitative estimate of drug-likeness (QED) is 0.872. The first-order valence-electron chi connectivity index (χ1n) is 7.01. The maximum Gasteiger partial charge on any atom is 0.0642 e. The van der Waals surface area contributed by atoms with E-state index in [1.165, 1.54) is 5.56 Å². The summed E-state index contributed by atoms with van der Waals surface area (Å²) in [5, 5.41) is 13.6. The molecule has 0 aliphatic carbocycles. The van der Waals surface area contributed by atoms with Crippen LogP contribution in [-0.2, 0) is 6.54 Å². The predicted molar refractivity (Wildman–Crippen MR) is 80.9 cm³/mol. The second-order valence-corrected chi connectivity index (χ2v) is 5.90. The number of hydrogen-bond acceptors (Lipinski definition) is 3. The van der Waals surface area contributed by atoms with Crippen LogP contribution in [0.2, 0.25) is 5.02 Å². The van der Waals surface area contributed by atoms with Crippen LogP contribution >= 0.6 is 11.6 Å². The van der Waals surface area contributed by atoms with Gasteiger partial charge in [-0.15, -0.1) is 0 Å². The van der Waals surface area contributed by atoms with Gasteiger partial charge in [0, 0.05) is 19.1 Å². The topological polar surface area (TPSA) is 35.5 Å². The molecule has 4 heteroatoms. The van der Waals surface area contributed by atoms with Crippen LogP contribution in [0, 0.1) is 0 Å². The van der Waals surface area contributed by atoms with E-state index in [-0.39, 0.29) is 12.6 Å². The maximum absolute atomic E-state index is 9.39. The summed E-state index contributed by atoms with van der Waals surface area (Å²) < 4.78 is 0. The molecule has 3 nitrogen and oxygen atoms in total. The molecule has 1 heterocycles. The molecule has 0 amide bonds. The van der Waals surface area contributed by atoms with Gasteiger partial charge >= 0.3 is 0 Å². The second-order valence-electron chi connectivity index (χ2n) is 5.49. The Labute approximate surface area is 120 Å². The molecule has 1 fully saturated rings. The monoisotopic (exact) mass is 282 g/mol. The number of aliphatic hydroxyl groups excluding tert-OH is 1. The van der Waals surface area contributed by atoms with E-state index in [4.69, 9.17) is 11.6 Å². The molecule has 0 spiro atoms. The lowest BCUT2D eigenvalue weighted by molar-refractivity contribution is 0.266. The number of aliphatic hydroxyl groups is 1. The number of nitrogens with one attached hydrogen (secondary N) is 1. The van der Waals surface area contributed by atoms with Gasteiger partial charge in [0.15, 0.2) is 0 Å². The van der Waals surface area contributed by atoms with E-state index >= 15 is 0 Å². The highest BCUT2D eigenvalue weighted by atomic mass is 35.5. The highest BCUT2D eigenvalue weighted by Crippen LogP contribution is 2.32. The van der Waals surface area contributed by atoms with Crippen molar-refractivity contribution in [1.82, 2.24) is 5.32 Å². The summed E-state index contributed by atoms with van der Waals surface area (Å²) >= 11 is 6.40. The fraction of sp³-hybridized carbons (Fsp3) is 0.600. The summed E-state index contributed by atoms with van der Waals surface area (Å²) in [5.41, 5.74) is 2.24. The molecule has 0 bridgehead atoms. The zero-order chi connectivity index (χ0) is 13.8. The third kappa shape index (κ3) is 3.62. The standard InChI is InChI=1S/C15H23ClN2O/c1-11(2)17-9-12-5-6-15(14(16)8-12)18-7-3-4-13(18)10-19/h5-6,8,11,13,17,19H,3-4,7,9-10H2,1-2H3. The largest absolute Gasteiger partial charge is 0.394 e. The Morgan fingerprint density at radius 3 is 2.89 bits per heavy atom. The smallest absolute Gasteiger partial charge is 0.0642 e. The van der Waals surface area contributed by atoms with Crippen LogP contribution in [0.4, 0.5) is 5.69 Å². The minimum absolute atomic E-state index is 0.201. The molecular formula is C15H23ClN2O. The summed E-state index contributed by atoms with van der Waals surface area (Å²) in [4.78, 5) is 2.22. The molecular weight excluding hydrogens is 260 g/mol. The second kappa shape index (κ2) is 6.60. The van der Waals surface area contributed by atoms with Gasteiger partial charge in [-0.2, -0.15) is 0 Å². The van der Waals surface area contributed by atoms with Crippen molar-refractivity contribution in [3.63, 3.8) is 0 Å². The highest BCUT2D eigenvalue weighted by Gasteiger charge is 2.25. The first-order valence-corrected chi connectivity index (χ1v) is 7.39. The van der Waals surface area contributed by atoms with Gasteiger partial charge in [0.2, 0.25) is 0 Å². The Kier molecular flexibility index (Phi) is 5.08. The first kappa shape index (κ1) is 14.6. The van der Waals surface area contributed by atoms with Gasteiger partial charge in [-0.05, 0) is 30.5 Å². The van der Waals surface area contributed by atoms with Crippen LogP contribution in [0.3, 0.4) is 0 Å². The predicted octanol–water partition coefficient (Wildman–Crippen LogP) is 2.80. The third-order valence-electron chi connectivity index (χ3n) is 3.62. The minimum Gasteiger partial charge on any atom is -0.394 e. The van der Waals surface area contributed by atoms with Crippen LogP contribution in [0.1, 0.15) is 32.3 Å². The van der Waals surface area contributed by atoms with Crippen LogP contribution in [0.25, 0.3) is 0 Å². The van der Waals surface area contributed by atoms with Crippen molar-refractivity contribution in [3.8, 4) is 0 Å². The molecule has 1 aliphatic rings. The van der Waals surface area contributed by atoms with Gasteiger partial charge in [-0.25, -0.2) is 0 Å². The van der Waals surface area contributed by atoms with E-state index in [9.17, 15) is 5.11 Å². The zero-order valence-corrected chi connectivity index (χ0v) is 12.5. The van der Waals surface area contributed by atoms with E-state index < -0.39 is 0 Å². The van der Waals surface area contributed by atoms with Gasteiger partial charge in [0.1, 0.15) is 0 Å².